The number of fused-ring (bicyclic) bond motifs is 1. The number of aryl methyl sites for hydroxylation is 1. The predicted octanol–water partition coefficient (Wildman–Crippen LogP) is 4.38. The fourth-order valence-electron chi connectivity index (χ4n) is 4.74. The Morgan fingerprint density at radius 2 is 1.35 bits per heavy atom. The van der Waals surface area contributed by atoms with Gasteiger partial charge in [0.1, 0.15) is 11.6 Å². The first-order valence-electron chi connectivity index (χ1n) is 11.3. The number of halogens is 2. The quantitative estimate of drug-likeness (QED) is 0.383. The minimum Gasteiger partial charge on any atom is -0.422 e. The van der Waals surface area contributed by atoms with E-state index in [1.165, 1.54) is 62.4 Å². The molecule has 1 aromatic heterocycles. The Balaban J connectivity index is 0.000000747. The van der Waals surface area contributed by atoms with Gasteiger partial charge >= 0.3 is 11.9 Å². The maximum atomic E-state index is 13.8. The Kier molecular flexibility index (Phi) is 6.93. The van der Waals surface area contributed by atoms with E-state index in [9.17, 15) is 22.6 Å². The number of aromatic nitrogens is 1. The lowest BCUT2D eigenvalue weighted by Gasteiger charge is -2.49. The van der Waals surface area contributed by atoms with Gasteiger partial charge in [-0.3, -0.25) is 13.8 Å². The summed E-state index contributed by atoms with van der Waals surface area (Å²) in [4.78, 5) is 27.6. The van der Waals surface area contributed by atoms with Gasteiger partial charge in [0, 0.05) is 48.6 Å². The second-order valence-electron chi connectivity index (χ2n) is 9.41. The van der Waals surface area contributed by atoms with Crippen LogP contribution in [0, 0.1) is 24.0 Å². The molecule has 3 aromatic rings. The van der Waals surface area contributed by atoms with Crippen LogP contribution in [0.15, 0.2) is 53.1 Å². The molecule has 5 rings (SSSR count). The summed E-state index contributed by atoms with van der Waals surface area (Å²) in [5.74, 6) is -4.83. The molecule has 0 aliphatic carbocycles. The van der Waals surface area contributed by atoms with Gasteiger partial charge in [-0.2, -0.15) is 0 Å². The van der Waals surface area contributed by atoms with E-state index in [1.807, 2.05) is 0 Å². The molecule has 2 aliphatic rings. The molecule has 196 valence electrons. The standard InChI is InChI=1S/C24H20F2N2O5.C2H6OS/c1-12-17-18(13-4-8-15(25)9-5-13)24(21(29)31-23(2,3)32-22(24)30)19(27-20(17)33-28-12)14-6-10-16(26)11-7-14;1-4(2)3/h4-11,18-19,27H,1-3H3;1-2H3/t18-,19-;/m1./s1. The zero-order valence-corrected chi connectivity index (χ0v) is 21.7. The van der Waals surface area contributed by atoms with Crippen molar-refractivity contribution in [3.63, 3.8) is 0 Å². The Hall–Kier alpha value is -3.60. The lowest BCUT2D eigenvalue weighted by molar-refractivity contribution is -0.254. The van der Waals surface area contributed by atoms with E-state index in [4.69, 9.17) is 14.0 Å². The zero-order chi connectivity index (χ0) is 27.1. The molecule has 1 spiro atoms. The molecule has 11 heteroatoms. The summed E-state index contributed by atoms with van der Waals surface area (Å²) in [6.07, 6.45) is 3.28. The van der Waals surface area contributed by atoms with Crippen LogP contribution in [0.5, 0.6) is 0 Å². The molecule has 2 aromatic carbocycles. The SMILES string of the molecule is CS(C)=O.Cc1noc2c1[C@@H](c1ccc(F)cc1)C1(C(=O)OC(C)(C)OC1=O)[C@@H](c1ccc(F)cc1)N2. The molecule has 1 saturated heterocycles. The lowest BCUT2D eigenvalue weighted by atomic mass is 9.60. The smallest absolute Gasteiger partial charge is 0.330 e. The maximum absolute atomic E-state index is 13.8. The molecule has 3 heterocycles. The number of esters is 2. The normalized spacial score (nSPS) is 21.3. The van der Waals surface area contributed by atoms with Gasteiger partial charge in [-0.15, -0.1) is 0 Å². The average molecular weight is 533 g/mol. The number of nitrogens with one attached hydrogen (secondary N) is 1. The monoisotopic (exact) mass is 532 g/mol. The number of anilines is 1. The Labute approximate surface area is 214 Å². The number of carbonyl (C=O) groups excluding carboxylic acids is 2. The van der Waals surface area contributed by atoms with Crippen LogP contribution in [-0.2, 0) is 29.9 Å². The number of hydrogen-bond acceptors (Lipinski definition) is 8. The van der Waals surface area contributed by atoms with Gasteiger partial charge in [0.25, 0.3) is 5.79 Å². The number of benzene rings is 2. The molecule has 8 nitrogen and oxygen atoms in total. The Bertz CT molecular complexity index is 1330. The van der Waals surface area contributed by atoms with Crippen LogP contribution in [0.2, 0.25) is 0 Å². The topological polar surface area (TPSA) is 108 Å². The summed E-state index contributed by atoms with van der Waals surface area (Å²) >= 11 is 0. The van der Waals surface area contributed by atoms with Gasteiger partial charge in [-0.1, -0.05) is 29.4 Å². The number of nitrogens with zero attached hydrogens (tertiary/aromatic N) is 1. The van der Waals surface area contributed by atoms with E-state index >= 15 is 0 Å². The molecule has 1 N–H and O–H groups in total. The van der Waals surface area contributed by atoms with Gasteiger partial charge in [0.2, 0.25) is 11.3 Å². The molecule has 0 radical (unpaired) electrons. The van der Waals surface area contributed by atoms with Crippen molar-refractivity contribution >= 4 is 28.6 Å². The van der Waals surface area contributed by atoms with Gasteiger partial charge in [-0.25, -0.2) is 8.78 Å². The number of hydrogen-bond donors (Lipinski definition) is 1. The highest BCUT2D eigenvalue weighted by atomic mass is 32.2. The number of ether oxygens (including phenoxy) is 2. The van der Waals surface area contributed by atoms with Crippen molar-refractivity contribution in [3.8, 4) is 0 Å². The number of cyclic esters (lactones) is 2. The van der Waals surface area contributed by atoms with Crippen molar-refractivity contribution in [2.45, 2.75) is 38.5 Å². The first-order chi connectivity index (χ1) is 17.4. The fourth-order valence-corrected chi connectivity index (χ4v) is 4.74. The Morgan fingerprint density at radius 3 is 1.84 bits per heavy atom. The summed E-state index contributed by atoms with van der Waals surface area (Å²) in [7, 11) is -0.611. The summed E-state index contributed by atoms with van der Waals surface area (Å²) in [5, 5.41) is 7.10. The zero-order valence-electron chi connectivity index (χ0n) is 20.8. The van der Waals surface area contributed by atoms with Gasteiger partial charge in [0.05, 0.1) is 11.7 Å². The molecular weight excluding hydrogens is 506 g/mol. The highest BCUT2D eigenvalue weighted by Crippen LogP contribution is 2.59. The molecule has 2 atom stereocenters. The van der Waals surface area contributed by atoms with Crippen LogP contribution in [0.25, 0.3) is 0 Å². The highest BCUT2D eigenvalue weighted by molar-refractivity contribution is 7.83. The predicted molar refractivity (Wildman–Crippen MR) is 131 cm³/mol. The van der Waals surface area contributed by atoms with Crippen LogP contribution in [0.3, 0.4) is 0 Å². The third kappa shape index (κ3) is 4.75. The first kappa shape index (κ1) is 26.5. The summed E-state index contributed by atoms with van der Waals surface area (Å²) in [6, 6.07) is 9.79. The largest absolute Gasteiger partial charge is 0.422 e. The summed E-state index contributed by atoms with van der Waals surface area (Å²) in [6.45, 7) is 4.60. The average Bonchev–Trinajstić information content (AvgIpc) is 3.17. The van der Waals surface area contributed by atoms with E-state index < -0.39 is 57.5 Å². The maximum Gasteiger partial charge on any atom is 0.330 e. The fraction of sp³-hybridized carbons (Fsp3) is 0.346. The van der Waals surface area contributed by atoms with Gasteiger partial charge in [0.15, 0.2) is 0 Å². The van der Waals surface area contributed by atoms with Crippen LogP contribution >= 0.6 is 0 Å². The third-order valence-corrected chi connectivity index (χ3v) is 6.14. The summed E-state index contributed by atoms with van der Waals surface area (Å²) in [5.41, 5.74) is -0.181. The molecule has 2 aliphatic heterocycles. The van der Waals surface area contributed by atoms with Crippen molar-refractivity contribution in [2.75, 3.05) is 17.8 Å². The molecule has 0 unspecified atom stereocenters. The van der Waals surface area contributed by atoms with Crippen LogP contribution in [0.1, 0.15) is 48.2 Å². The minimum atomic E-state index is -1.96. The second kappa shape index (κ2) is 9.70. The lowest BCUT2D eigenvalue weighted by Crippen LogP contribution is -2.61. The van der Waals surface area contributed by atoms with Crippen LogP contribution in [0.4, 0.5) is 14.7 Å². The van der Waals surface area contributed by atoms with Crippen molar-refractivity contribution in [1.82, 2.24) is 5.16 Å². The van der Waals surface area contributed by atoms with Gasteiger partial charge in [-0.05, 0) is 42.3 Å². The van der Waals surface area contributed by atoms with Crippen LogP contribution in [-0.4, -0.2) is 39.6 Å². The van der Waals surface area contributed by atoms with Crippen molar-refractivity contribution in [2.24, 2.45) is 5.41 Å². The van der Waals surface area contributed by atoms with Crippen molar-refractivity contribution in [1.29, 1.82) is 0 Å². The van der Waals surface area contributed by atoms with E-state index in [1.54, 1.807) is 19.4 Å². The molecule has 37 heavy (non-hydrogen) atoms. The number of rotatable bonds is 2. The molecule has 0 bridgehead atoms. The van der Waals surface area contributed by atoms with E-state index in [-0.39, 0.29) is 5.88 Å². The molecular formula is C26H26F2N2O6S. The molecule has 1 fully saturated rings. The molecule has 0 amide bonds. The highest BCUT2D eigenvalue weighted by Gasteiger charge is 2.68. The second-order valence-corrected chi connectivity index (χ2v) is 10.9. The van der Waals surface area contributed by atoms with Gasteiger partial charge < -0.3 is 19.3 Å². The van der Waals surface area contributed by atoms with E-state index in [0.29, 0.717) is 22.4 Å². The van der Waals surface area contributed by atoms with Crippen molar-refractivity contribution in [3.05, 3.63) is 82.5 Å². The minimum absolute atomic E-state index is 0.243. The first-order valence-corrected chi connectivity index (χ1v) is 13.3. The van der Waals surface area contributed by atoms with Crippen molar-refractivity contribution < 1.29 is 36.6 Å². The third-order valence-electron chi connectivity index (χ3n) is 6.14. The molecule has 0 saturated carbocycles. The van der Waals surface area contributed by atoms with E-state index in [2.05, 4.69) is 10.5 Å². The summed E-state index contributed by atoms with van der Waals surface area (Å²) < 4.78 is 53.7. The van der Waals surface area contributed by atoms with E-state index in [0.717, 1.165) is 0 Å². The van der Waals surface area contributed by atoms with Crippen LogP contribution < -0.4 is 5.32 Å². The number of carbonyl (C=O) groups is 2. The Morgan fingerprint density at radius 1 is 0.892 bits per heavy atom.